The summed E-state index contributed by atoms with van der Waals surface area (Å²) >= 11 is 0. The highest BCUT2D eigenvalue weighted by atomic mass is 16.6. The summed E-state index contributed by atoms with van der Waals surface area (Å²) in [4.78, 5) is 12.6. The number of Topliss-reactive ketones (excluding diaryl/α,β-unsaturated/α-hetero) is 1. The zero-order chi connectivity index (χ0) is 14.7. The lowest BCUT2D eigenvalue weighted by Gasteiger charge is -2.35. The number of benzene rings is 2. The maximum atomic E-state index is 12.6. The van der Waals surface area contributed by atoms with E-state index in [4.69, 9.17) is 9.31 Å². The molecule has 3 rings (SSSR count). The molecule has 1 fully saturated rings. The third-order valence-electron chi connectivity index (χ3n) is 3.76. The molecule has 0 bridgehead atoms. The van der Waals surface area contributed by atoms with Gasteiger partial charge in [-0.05, 0) is 12.4 Å². The maximum absolute atomic E-state index is 12.6. The van der Waals surface area contributed by atoms with Crippen LogP contribution in [0.3, 0.4) is 0 Å². The molecule has 0 radical (unpaired) electrons. The molecular formula is C17H17BO3. The fraction of sp³-hybridized carbons (Fsp3) is 0.235. The Kier molecular flexibility index (Phi) is 3.91. The highest BCUT2D eigenvalue weighted by molar-refractivity contribution is 6.61. The van der Waals surface area contributed by atoms with Crippen LogP contribution >= 0.6 is 0 Å². The van der Waals surface area contributed by atoms with Crippen molar-refractivity contribution in [2.24, 2.45) is 5.41 Å². The first-order valence-electron chi connectivity index (χ1n) is 7.07. The molecule has 0 unspecified atom stereocenters. The van der Waals surface area contributed by atoms with Crippen molar-refractivity contribution in [3.05, 3.63) is 66.2 Å². The Balaban J connectivity index is 1.71. The summed E-state index contributed by atoms with van der Waals surface area (Å²) in [5.74, 6) is 0.0645. The summed E-state index contributed by atoms with van der Waals surface area (Å²) in [6, 6.07) is 19.1. The van der Waals surface area contributed by atoms with E-state index >= 15 is 0 Å². The number of ketones is 1. The Morgan fingerprint density at radius 3 is 2.05 bits per heavy atom. The number of carbonyl (C=O) groups excluding carboxylic acids is 1. The molecule has 4 heteroatoms. The van der Waals surface area contributed by atoms with Gasteiger partial charge in [-0.15, -0.1) is 0 Å². The van der Waals surface area contributed by atoms with E-state index in [0.717, 1.165) is 5.46 Å². The lowest BCUT2D eigenvalue weighted by molar-refractivity contribution is 0.0229. The Labute approximate surface area is 125 Å². The molecule has 0 atom stereocenters. The fourth-order valence-electron chi connectivity index (χ4n) is 2.48. The third-order valence-corrected chi connectivity index (χ3v) is 3.76. The Morgan fingerprint density at radius 1 is 0.952 bits per heavy atom. The molecule has 1 aliphatic heterocycles. The topological polar surface area (TPSA) is 35.5 Å². The van der Waals surface area contributed by atoms with Crippen LogP contribution in [0.2, 0.25) is 0 Å². The standard InChI is InChI=1S/C17H17BO3/c1-17(16(19)14-8-4-2-5-9-14)12-20-18(21-13-17)15-10-6-3-7-11-15/h2-11H,12-13H2,1H3. The zero-order valence-electron chi connectivity index (χ0n) is 12.0. The molecule has 3 nitrogen and oxygen atoms in total. The SMILES string of the molecule is CC1(C(=O)c2ccccc2)COB(c2ccccc2)OC1. The molecule has 0 N–H and O–H groups in total. The monoisotopic (exact) mass is 280 g/mol. The second kappa shape index (κ2) is 5.84. The van der Waals surface area contributed by atoms with Gasteiger partial charge in [-0.3, -0.25) is 4.79 Å². The van der Waals surface area contributed by atoms with Crippen molar-refractivity contribution < 1.29 is 14.1 Å². The predicted molar refractivity (Wildman–Crippen MR) is 82.6 cm³/mol. The van der Waals surface area contributed by atoms with Crippen LogP contribution < -0.4 is 5.46 Å². The van der Waals surface area contributed by atoms with Gasteiger partial charge in [-0.2, -0.15) is 0 Å². The summed E-state index contributed by atoms with van der Waals surface area (Å²) in [6.07, 6.45) is 0. The zero-order valence-corrected chi connectivity index (χ0v) is 12.0. The molecule has 2 aromatic carbocycles. The molecule has 106 valence electrons. The van der Waals surface area contributed by atoms with Gasteiger partial charge in [0, 0.05) is 18.8 Å². The first-order chi connectivity index (χ1) is 10.2. The fourth-order valence-corrected chi connectivity index (χ4v) is 2.48. The molecule has 21 heavy (non-hydrogen) atoms. The van der Waals surface area contributed by atoms with E-state index in [2.05, 4.69) is 0 Å². The van der Waals surface area contributed by atoms with E-state index in [1.165, 1.54) is 0 Å². The Morgan fingerprint density at radius 2 is 1.48 bits per heavy atom. The minimum atomic E-state index is -0.632. The van der Waals surface area contributed by atoms with Crippen LogP contribution in [0.25, 0.3) is 0 Å². The van der Waals surface area contributed by atoms with Crippen LogP contribution in [0.4, 0.5) is 0 Å². The van der Waals surface area contributed by atoms with Crippen LogP contribution in [0.15, 0.2) is 60.7 Å². The minimum absolute atomic E-state index is 0.0645. The quantitative estimate of drug-likeness (QED) is 0.639. The highest BCUT2D eigenvalue weighted by Gasteiger charge is 2.41. The van der Waals surface area contributed by atoms with Gasteiger partial charge in [-0.25, -0.2) is 0 Å². The van der Waals surface area contributed by atoms with Gasteiger partial charge >= 0.3 is 7.12 Å². The molecule has 0 aliphatic carbocycles. The maximum Gasteiger partial charge on any atom is 0.493 e. The average Bonchev–Trinajstić information content (AvgIpc) is 2.56. The number of hydrogen-bond acceptors (Lipinski definition) is 3. The first kappa shape index (κ1) is 14.0. The summed E-state index contributed by atoms with van der Waals surface area (Å²) in [5.41, 5.74) is 1.05. The second-order valence-electron chi connectivity index (χ2n) is 5.62. The summed E-state index contributed by atoms with van der Waals surface area (Å²) in [7, 11) is -0.386. The average molecular weight is 280 g/mol. The van der Waals surface area contributed by atoms with Gasteiger partial charge in [0.25, 0.3) is 0 Å². The van der Waals surface area contributed by atoms with E-state index in [1.807, 2.05) is 67.6 Å². The lowest BCUT2D eigenvalue weighted by Crippen LogP contribution is -2.51. The van der Waals surface area contributed by atoms with Crippen molar-refractivity contribution in [1.29, 1.82) is 0 Å². The lowest BCUT2D eigenvalue weighted by atomic mass is 9.74. The van der Waals surface area contributed by atoms with Crippen LogP contribution in [-0.4, -0.2) is 26.1 Å². The molecule has 0 amide bonds. The Hall–Kier alpha value is -1.91. The molecule has 0 saturated carbocycles. The third kappa shape index (κ3) is 2.92. The van der Waals surface area contributed by atoms with Gasteiger partial charge in [0.1, 0.15) is 0 Å². The summed E-state index contributed by atoms with van der Waals surface area (Å²) in [5, 5.41) is 0. The number of carbonyl (C=O) groups is 1. The number of rotatable bonds is 3. The largest absolute Gasteiger partial charge is 0.493 e. The molecular weight excluding hydrogens is 263 g/mol. The van der Waals surface area contributed by atoms with Gasteiger partial charge in [0.2, 0.25) is 0 Å². The van der Waals surface area contributed by atoms with Crippen LogP contribution in [0.5, 0.6) is 0 Å². The van der Waals surface area contributed by atoms with E-state index in [0.29, 0.717) is 18.8 Å². The Bertz CT molecular complexity index is 604. The van der Waals surface area contributed by atoms with Crippen molar-refractivity contribution in [3.8, 4) is 0 Å². The molecule has 1 saturated heterocycles. The summed E-state index contributed by atoms with van der Waals surface area (Å²) in [6.45, 7) is 2.62. The van der Waals surface area contributed by atoms with E-state index in [9.17, 15) is 4.79 Å². The van der Waals surface area contributed by atoms with Crippen molar-refractivity contribution in [2.45, 2.75) is 6.92 Å². The van der Waals surface area contributed by atoms with E-state index < -0.39 is 5.41 Å². The smallest absolute Gasteiger partial charge is 0.406 e. The van der Waals surface area contributed by atoms with Crippen molar-refractivity contribution in [1.82, 2.24) is 0 Å². The molecule has 0 spiro atoms. The second-order valence-corrected chi connectivity index (χ2v) is 5.62. The first-order valence-corrected chi connectivity index (χ1v) is 7.07. The van der Waals surface area contributed by atoms with E-state index in [1.54, 1.807) is 0 Å². The molecule has 1 heterocycles. The van der Waals surface area contributed by atoms with Crippen LogP contribution in [0.1, 0.15) is 17.3 Å². The van der Waals surface area contributed by atoms with Gasteiger partial charge in [0.15, 0.2) is 5.78 Å². The van der Waals surface area contributed by atoms with Gasteiger partial charge < -0.3 is 9.31 Å². The summed E-state index contributed by atoms with van der Waals surface area (Å²) < 4.78 is 11.6. The molecule has 2 aromatic rings. The van der Waals surface area contributed by atoms with Crippen molar-refractivity contribution in [3.63, 3.8) is 0 Å². The van der Waals surface area contributed by atoms with Crippen LogP contribution in [0, 0.1) is 5.41 Å². The van der Waals surface area contributed by atoms with Crippen molar-refractivity contribution in [2.75, 3.05) is 13.2 Å². The van der Waals surface area contributed by atoms with Gasteiger partial charge in [-0.1, -0.05) is 60.7 Å². The highest BCUT2D eigenvalue weighted by Crippen LogP contribution is 2.27. The van der Waals surface area contributed by atoms with Crippen molar-refractivity contribution >= 4 is 18.4 Å². The number of hydrogen-bond donors (Lipinski definition) is 0. The minimum Gasteiger partial charge on any atom is -0.406 e. The normalized spacial score (nSPS) is 17.5. The predicted octanol–water partition coefficient (Wildman–Crippen LogP) is 2.32. The van der Waals surface area contributed by atoms with Gasteiger partial charge in [0.05, 0.1) is 5.41 Å². The van der Waals surface area contributed by atoms with E-state index in [-0.39, 0.29) is 12.9 Å². The van der Waals surface area contributed by atoms with Crippen LogP contribution in [-0.2, 0) is 9.31 Å². The molecule has 1 aliphatic rings. The molecule has 0 aromatic heterocycles.